The number of halogens is 4. The van der Waals surface area contributed by atoms with Gasteiger partial charge in [0.05, 0.1) is 48.1 Å². The Morgan fingerprint density at radius 1 is 1.17 bits per heavy atom. The van der Waals surface area contributed by atoms with Crippen molar-refractivity contribution in [3.8, 4) is 11.4 Å². The Bertz CT molecular complexity index is 1800. The number of anilines is 1. The van der Waals surface area contributed by atoms with Gasteiger partial charge in [0.2, 0.25) is 11.8 Å². The van der Waals surface area contributed by atoms with Gasteiger partial charge in [-0.25, -0.2) is 9.37 Å². The van der Waals surface area contributed by atoms with E-state index < -0.39 is 41.5 Å². The largest absolute Gasteiger partial charge is 0.494 e. The average Bonchev–Trinajstić information content (AvgIpc) is 3.03. The number of alkyl halides is 3. The molecule has 1 aliphatic heterocycles. The third kappa shape index (κ3) is 7.92. The van der Waals surface area contributed by atoms with Gasteiger partial charge in [0.25, 0.3) is 5.56 Å². The molecule has 0 saturated carbocycles. The fourth-order valence-corrected chi connectivity index (χ4v) is 5.59. The van der Waals surface area contributed by atoms with E-state index in [1.54, 1.807) is 44.2 Å². The van der Waals surface area contributed by atoms with E-state index in [2.05, 4.69) is 4.99 Å². The molecule has 1 aromatic heterocycles. The van der Waals surface area contributed by atoms with E-state index in [4.69, 9.17) is 15.5 Å². The van der Waals surface area contributed by atoms with Crippen molar-refractivity contribution in [3.63, 3.8) is 0 Å². The number of hydrogen-bond donors (Lipinski definition) is 1. The topological polar surface area (TPSA) is 123 Å². The van der Waals surface area contributed by atoms with Crippen LogP contribution in [0.3, 0.4) is 0 Å². The summed E-state index contributed by atoms with van der Waals surface area (Å²) in [5.74, 6) is -1.57. The summed E-state index contributed by atoms with van der Waals surface area (Å²) in [4.78, 5) is 52.7. The van der Waals surface area contributed by atoms with Gasteiger partial charge in [-0.1, -0.05) is 6.07 Å². The van der Waals surface area contributed by atoms with E-state index >= 15 is 0 Å². The predicted molar refractivity (Wildman–Crippen MR) is 174 cm³/mol. The summed E-state index contributed by atoms with van der Waals surface area (Å²) in [6.45, 7) is 7.07. The lowest BCUT2D eigenvalue weighted by molar-refractivity contribution is -0.140. The molecule has 2 N–H and O–H groups in total. The molecule has 1 aliphatic rings. The normalized spacial score (nSPS) is 14.4. The first-order valence-corrected chi connectivity index (χ1v) is 15.4. The third-order valence-electron chi connectivity index (χ3n) is 7.90. The van der Waals surface area contributed by atoms with Crippen molar-refractivity contribution in [1.82, 2.24) is 14.5 Å². The van der Waals surface area contributed by atoms with Crippen LogP contribution in [0.2, 0.25) is 0 Å². The lowest BCUT2D eigenvalue weighted by Crippen LogP contribution is -2.44. The summed E-state index contributed by atoms with van der Waals surface area (Å²) in [7, 11) is 1.50. The zero-order valence-corrected chi connectivity index (χ0v) is 27.4. The molecule has 48 heavy (non-hydrogen) atoms. The van der Waals surface area contributed by atoms with Crippen LogP contribution in [0.5, 0.6) is 5.75 Å². The molecule has 1 atom stereocenters. The van der Waals surface area contributed by atoms with Crippen molar-refractivity contribution in [1.29, 1.82) is 0 Å². The molecule has 14 heteroatoms. The summed E-state index contributed by atoms with van der Waals surface area (Å²) in [5.41, 5.74) is 5.42. The Morgan fingerprint density at radius 2 is 1.85 bits per heavy atom. The van der Waals surface area contributed by atoms with Crippen molar-refractivity contribution in [2.24, 2.45) is 10.7 Å². The molecular formula is C34H38F4N6O4. The van der Waals surface area contributed by atoms with Crippen molar-refractivity contribution in [2.45, 2.75) is 59.2 Å². The highest BCUT2D eigenvalue weighted by atomic mass is 19.4. The van der Waals surface area contributed by atoms with Gasteiger partial charge in [-0.2, -0.15) is 13.2 Å². The van der Waals surface area contributed by atoms with Gasteiger partial charge in [0, 0.05) is 26.2 Å². The number of fused-ring (bicyclic) bond motifs is 1. The third-order valence-corrected chi connectivity index (χ3v) is 7.90. The fraction of sp³-hybridized carbons (Fsp3) is 0.382. The number of benzene rings is 2. The molecule has 3 aromatic rings. The van der Waals surface area contributed by atoms with Crippen LogP contribution in [0.1, 0.15) is 62.7 Å². The molecule has 0 radical (unpaired) electrons. The summed E-state index contributed by atoms with van der Waals surface area (Å²) < 4.78 is 61.5. The van der Waals surface area contributed by atoms with Crippen LogP contribution in [0.4, 0.5) is 23.4 Å². The van der Waals surface area contributed by atoms with Crippen LogP contribution in [-0.4, -0.2) is 58.7 Å². The van der Waals surface area contributed by atoms with Crippen LogP contribution in [0, 0.1) is 5.82 Å². The fourth-order valence-electron chi connectivity index (χ4n) is 5.59. The molecule has 4 rings (SSSR count). The molecule has 256 valence electrons. The zero-order chi connectivity index (χ0) is 35.3. The van der Waals surface area contributed by atoms with E-state index in [9.17, 15) is 31.9 Å². The van der Waals surface area contributed by atoms with Crippen LogP contribution < -0.4 is 20.9 Å². The zero-order valence-electron chi connectivity index (χ0n) is 27.4. The average molecular weight is 671 g/mol. The number of aromatic nitrogens is 2. The molecule has 10 nitrogen and oxygen atoms in total. The molecule has 2 heterocycles. The van der Waals surface area contributed by atoms with Crippen LogP contribution in [0.15, 0.2) is 64.0 Å². The van der Waals surface area contributed by atoms with Gasteiger partial charge in [-0.3, -0.25) is 28.8 Å². The standard InChI is InChI=1S/C34H38F4N6O4/c1-6-48-26-12-10-25(11-13-26)44-31(41-32-27(33(44)47)8-7-15-42(32)22(4)45)21(3)43(19-24(40-5)16-20(2)39)30(46)18-23-9-14-29(35)28(17-23)34(36,37)38/h9-14,16-17,21H,6-8,15,18-19,39H2,1-5H3/t21-/m1/s1. The molecule has 0 unspecified atom stereocenters. The lowest BCUT2D eigenvalue weighted by atomic mass is 10.0. The maximum atomic E-state index is 14.2. The molecule has 0 bridgehead atoms. The van der Waals surface area contributed by atoms with Crippen molar-refractivity contribution < 1.29 is 31.9 Å². The van der Waals surface area contributed by atoms with Crippen molar-refractivity contribution in [2.75, 3.05) is 31.6 Å². The minimum Gasteiger partial charge on any atom is -0.494 e. The van der Waals surface area contributed by atoms with Crippen LogP contribution >= 0.6 is 0 Å². The summed E-state index contributed by atoms with van der Waals surface area (Å²) in [6, 6.07) is 8.11. The number of nitrogens with two attached hydrogens (primary N) is 1. The second-order valence-electron chi connectivity index (χ2n) is 11.4. The lowest BCUT2D eigenvalue weighted by Gasteiger charge is -2.33. The highest BCUT2D eigenvalue weighted by molar-refractivity contribution is 5.99. The number of aliphatic imine (C=N–C) groups is 1. The Balaban J connectivity index is 1.91. The van der Waals surface area contributed by atoms with Crippen molar-refractivity contribution >= 4 is 23.3 Å². The van der Waals surface area contributed by atoms with Crippen LogP contribution in [0.25, 0.3) is 5.69 Å². The molecule has 0 saturated heterocycles. The maximum absolute atomic E-state index is 14.2. The van der Waals surface area contributed by atoms with Gasteiger partial charge in [-0.15, -0.1) is 0 Å². The predicted octanol–water partition coefficient (Wildman–Crippen LogP) is 5.15. The van der Waals surface area contributed by atoms with Gasteiger partial charge in [-0.05, 0) is 81.7 Å². The number of allylic oxidation sites excluding steroid dienone is 1. The number of hydrogen-bond acceptors (Lipinski definition) is 7. The minimum atomic E-state index is -4.97. The second-order valence-corrected chi connectivity index (χ2v) is 11.4. The SMILES string of the molecule is CCOc1ccc(-n2c([C@@H](C)N(CC(C=C(C)N)=NC)C(=O)Cc3ccc(F)c(C(F)(F)F)c3)nc3c(c2=O)CCCN3C(C)=O)cc1. The molecular weight excluding hydrogens is 632 g/mol. The van der Waals surface area contributed by atoms with Gasteiger partial charge >= 0.3 is 6.18 Å². The molecule has 0 aliphatic carbocycles. The minimum absolute atomic E-state index is 0.0727. The Morgan fingerprint density at radius 3 is 2.44 bits per heavy atom. The number of amides is 2. The summed E-state index contributed by atoms with van der Waals surface area (Å²) in [5, 5.41) is 0. The number of carbonyl (C=O) groups excluding carboxylic acids is 2. The Hall–Kier alpha value is -5.01. The van der Waals surface area contributed by atoms with Crippen molar-refractivity contribution in [3.05, 3.63) is 92.9 Å². The number of rotatable bonds is 10. The molecule has 2 aromatic carbocycles. The number of carbonyl (C=O) groups is 2. The Labute approximate surface area is 275 Å². The summed E-state index contributed by atoms with van der Waals surface area (Å²) in [6.07, 6.45) is -3.04. The van der Waals surface area contributed by atoms with Gasteiger partial charge in [0.15, 0.2) is 0 Å². The van der Waals surface area contributed by atoms with Gasteiger partial charge < -0.3 is 15.4 Å². The Kier molecular flexibility index (Phi) is 11.1. The van der Waals surface area contributed by atoms with Crippen LogP contribution in [-0.2, 0) is 28.6 Å². The smallest absolute Gasteiger partial charge is 0.419 e. The highest BCUT2D eigenvalue weighted by Gasteiger charge is 2.35. The summed E-state index contributed by atoms with van der Waals surface area (Å²) >= 11 is 0. The molecule has 0 fully saturated rings. The monoisotopic (exact) mass is 670 g/mol. The van der Waals surface area contributed by atoms with E-state index in [1.165, 1.54) is 28.3 Å². The number of nitrogens with zero attached hydrogens (tertiary/aromatic N) is 5. The van der Waals surface area contributed by atoms with E-state index in [0.29, 0.717) is 66.5 Å². The first-order chi connectivity index (χ1) is 22.7. The molecule has 2 amide bonds. The first kappa shape index (κ1) is 35.8. The quantitative estimate of drug-likeness (QED) is 0.235. The maximum Gasteiger partial charge on any atom is 0.419 e. The molecule has 0 spiro atoms. The first-order valence-electron chi connectivity index (χ1n) is 15.4. The van der Waals surface area contributed by atoms with E-state index in [0.717, 1.165) is 6.07 Å². The van der Waals surface area contributed by atoms with E-state index in [-0.39, 0.29) is 29.7 Å². The van der Waals surface area contributed by atoms with Gasteiger partial charge in [0.1, 0.15) is 23.2 Å². The number of ether oxygens (including phenoxy) is 1. The highest BCUT2D eigenvalue weighted by Crippen LogP contribution is 2.33. The van der Waals surface area contributed by atoms with E-state index in [1.807, 2.05) is 6.92 Å². The second kappa shape index (κ2) is 14.8.